The molecule has 1 amide bonds. The summed E-state index contributed by atoms with van der Waals surface area (Å²) in [6.45, 7) is 8.10. The molecule has 1 aliphatic rings. The van der Waals surface area contributed by atoms with Crippen LogP contribution in [0.3, 0.4) is 0 Å². The van der Waals surface area contributed by atoms with Crippen LogP contribution in [-0.2, 0) is 14.8 Å². The number of hydrogen-bond acceptors (Lipinski definition) is 4. The molecular weight excluding hydrogens is 434 g/mol. The van der Waals surface area contributed by atoms with Crippen molar-refractivity contribution in [3.63, 3.8) is 0 Å². The Morgan fingerprint density at radius 1 is 1.10 bits per heavy atom. The Hall–Kier alpha value is -1.93. The van der Waals surface area contributed by atoms with Gasteiger partial charge in [-0.25, -0.2) is 8.42 Å². The van der Waals surface area contributed by atoms with Crippen molar-refractivity contribution in [2.24, 2.45) is 0 Å². The molecule has 0 saturated carbocycles. The first-order valence-electron chi connectivity index (χ1n) is 10.6. The highest BCUT2D eigenvalue weighted by molar-refractivity contribution is 7.89. The Morgan fingerprint density at radius 3 is 2.35 bits per heavy atom. The number of nitrogens with zero attached hydrogens (tertiary/aromatic N) is 2. The Bertz CT molecular complexity index is 1020. The van der Waals surface area contributed by atoms with Crippen molar-refractivity contribution in [3.8, 4) is 0 Å². The first-order chi connectivity index (χ1) is 14.7. The molecule has 1 N–H and O–H groups in total. The second-order valence-electron chi connectivity index (χ2n) is 8.07. The summed E-state index contributed by atoms with van der Waals surface area (Å²) in [4.78, 5) is 14.7. The van der Waals surface area contributed by atoms with E-state index in [1.54, 1.807) is 24.3 Å². The van der Waals surface area contributed by atoms with E-state index in [1.165, 1.54) is 4.31 Å². The van der Waals surface area contributed by atoms with Crippen molar-refractivity contribution in [2.45, 2.75) is 38.0 Å². The predicted octanol–water partition coefficient (Wildman–Crippen LogP) is 4.11. The average molecular weight is 464 g/mol. The summed E-state index contributed by atoms with van der Waals surface area (Å²) < 4.78 is 27.5. The number of rotatable bonds is 7. The van der Waals surface area contributed by atoms with Crippen molar-refractivity contribution in [1.29, 1.82) is 0 Å². The van der Waals surface area contributed by atoms with Gasteiger partial charge in [-0.2, -0.15) is 4.31 Å². The van der Waals surface area contributed by atoms with E-state index in [4.69, 9.17) is 11.6 Å². The third-order valence-electron chi connectivity index (χ3n) is 5.87. The highest BCUT2D eigenvalue weighted by Crippen LogP contribution is 2.23. The molecule has 0 unspecified atom stereocenters. The standard InChI is InChI=1S/C23H30ClN3O3S/c1-4-17(2)19-6-9-21(10-7-19)31(29,30)27-13-11-26(12-14-27)16-23(28)25-22-15-20(24)8-5-18(22)3/h5-10,15,17H,4,11-14,16H2,1-3H3,(H,25,28)/t17-/m1/s1. The summed E-state index contributed by atoms with van der Waals surface area (Å²) in [5.74, 6) is 0.268. The van der Waals surface area contributed by atoms with Crippen molar-refractivity contribution in [3.05, 3.63) is 58.6 Å². The number of benzene rings is 2. The van der Waals surface area contributed by atoms with Crippen LogP contribution in [0.4, 0.5) is 5.69 Å². The second kappa shape index (κ2) is 10.1. The van der Waals surface area contributed by atoms with Gasteiger partial charge in [0, 0.05) is 36.9 Å². The molecule has 31 heavy (non-hydrogen) atoms. The summed E-state index contributed by atoms with van der Waals surface area (Å²) in [6, 6.07) is 12.6. The highest BCUT2D eigenvalue weighted by Gasteiger charge is 2.29. The molecule has 1 saturated heterocycles. The smallest absolute Gasteiger partial charge is 0.243 e. The molecule has 1 atom stereocenters. The van der Waals surface area contributed by atoms with Gasteiger partial charge in [-0.1, -0.05) is 43.6 Å². The zero-order valence-electron chi connectivity index (χ0n) is 18.3. The van der Waals surface area contributed by atoms with E-state index in [0.29, 0.717) is 47.7 Å². The summed E-state index contributed by atoms with van der Waals surface area (Å²) in [5.41, 5.74) is 2.78. The van der Waals surface area contributed by atoms with E-state index in [9.17, 15) is 13.2 Å². The largest absolute Gasteiger partial charge is 0.325 e. The van der Waals surface area contributed by atoms with Gasteiger partial charge < -0.3 is 5.32 Å². The van der Waals surface area contributed by atoms with E-state index in [0.717, 1.165) is 17.5 Å². The Labute approximate surface area is 190 Å². The van der Waals surface area contributed by atoms with Gasteiger partial charge in [-0.05, 0) is 54.7 Å². The SMILES string of the molecule is CC[C@@H](C)c1ccc(S(=O)(=O)N2CCN(CC(=O)Nc3cc(Cl)ccc3C)CC2)cc1. The first-order valence-corrected chi connectivity index (χ1v) is 12.4. The van der Waals surface area contributed by atoms with Crippen LogP contribution in [0.15, 0.2) is 47.4 Å². The molecule has 1 aliphatic heterocycles. The predicted molar refractivity (Wildman–Crippen MR) is 125 cm³/mol. The number of sulfonamides is 1. The van der Waals surface area contributed by atoms with Crippen LogP contribution >= 0.6 is 11.6 Å². The third-order valence-corrected chi connectivity index (χ3v) is 8.02. The highest BCUT2D eigenvalue weighted by atomic mass is 35.5. The van der Waals surface area contributed by atoms with E-state index in [1.807, 2.05) is 30.0 Å². The molecule has 1 fully saturated rings. The van der Waals surface area contributed by atoms with Crippen LogP contribution in [-0.4, -0.2) is 56.3 Å². The van der Waals surface area contributed by atoms with Gasteiger partial charge in [0.1, 0.15) is 0 Å². The number of piperazine rings is 1. The van der Waals surface area contributed by atoms with Crippen LogP contribution in [0.2, 0.25) is 5.02 Å². The molecular formula is C23H30ClN3O3S. The van der Waals surface area contributed by atoms with Gasteiger partial charge in [0.05, 0.1) is 11.4 Å². The molecule has 2 aromatic carbocycles. The number of aryl methyl sites for hydroxylation is 1. The lowest BCUT2D eigenvalue weighted by Crippen LogP contribution is -2.50. The minimum absolute atomic E-state index is 0.137. The summed E-state index contributed by atoms with van der Waals surface area (Å²) in [7, 11) is -3.53. The molecule has 1 heterocycles. The molecule has 0 radical (unpaired) electrons. The van der Waals surface area contributed by atoms with Gasteiger partial charge in [0.25, 0.3) is 0 Å². The number of anilines is 1. The number of amides is 1. The average Bonchev–Trinajstić information content (AvgIpc) is 2.76. The van der Waals surface area contributed by atoms with Gasteiger partial charge in [-0.3, -0.25) is 9.69 Å². The fourth-order valence-electron chi connectivity index (χ4n) is 3.60. The monoisotopic (exact) mass is 463 g/mol. The number of hydrogen-bond donors (Lipinski definition) is 1. The van der Waals surface area contributed by atoms with Gasteiger partial charge in [-0.15, -0.1) is 0 Å². The molecule has 0 spiro atoms. The third kappa shape index (κ3) is 5.86. The minimum atomic E-state index is -3.53. The summed E-state index contributed by atoms with van der Waals surface area (Å²) in [5, 5.41) is 3.45. The maximum Gasteiger partial charge on any atom is 0.243 e. The Balaban J connectivity index is 1.56. The summed E-state index contributed by atoms with van der Waals surface area (Å²) in [6.07, 6.45) is 1.01. The fraction of sp³-hybridized carbons (Fsp3) is 0.435. The first kappa shape index (κ1) is 23.7. The molecule has 168 valence electrons. The van der Waals surface area contributed by atoms with Crippen molar-refractivity contribution in [1.82, 2.24) is 9.21 Å². The van der Waals surface area contributed by atoms with E-state index >= 15 is 0 Å². The molecule has 8 heteroatoms. The van der Waals surface area contributed by atoms with Gasteiger partial charge in [0.15, 0.2) is 0 Å². The summed E-state index contributed by atoms with van der Waals surface area (Å²) >= 11 is 6.01. The maximum absolute atomic E-state index is 13.0. The van der Waals surface area contributed by atoms with Crippen molar-refractivity contribution < 1.29 is 13.2 Å². The topological polar surface area (TPSA) is 69.7 Å². The normalized spacial score (nSPS) is 16.8. The molecule has 3 rings (SSSR count). The molecule has 6 nitrogen and oxygen atoms in total. The quantitative estimate of drug-likeness (QED) is 0.670. The zero-order valence-corrected chi connectivity index (χ0v) is 19.8. The van der Waals surface area contributed by atoms with Crippen LogP contribution in [0, 0.1) is 6.92 Å². The van der Waals surface area contributed by atoms with Crippen LogP contribution in [0.25, 0.3) is 0 Å². The van der Waals surface area contributed by atoms with E-state index in [2.05, 4.69) is 19.2 Å². The Morgan fingerprint density at radius 2 is 1.74 bits per heavy atom. The maximum atomic E-state index is 13.0. The minimum Gasteiger partial charge on any atom is -0.325 e. The number of halogens is 1. The van der Waals surface area contributed by atoms with Crippen LogP contribution in [0.5, 0.6) is 0 Å². The zero-order chi connectivity index (χ0) is 22.6. The molecule has 0 bridgehead atoms. The van der Waals surface area contributed by atoms with Crippen LogP contribution < -0.4 is 5.32 Å². The number of carbonyl (C=O) groups is 1. The van der Waals surface area contributed by atoms with Crippen molar-refractivity contribution >= 4 is 33.2 Å². The molecule has 0 aromatic heterocycles. The molecule has 0 aliphatic carbocycles. The lowest BCUT2D eigenvalue weighted by Gasteiger charge is -2.33. The Kier molecular flexibility index (Phi) is 7.75. The lowest BCUT2D eigenvalue weighted by molar-refractivity contribution is -0.117. The van der Waals surface area contributed by atoms with Gasteiger partial charge >= 0.3 is 0 Å². The van der Waals surface area contributed by atoms with Gasteiger partial charge in [0.2, 0.25) is 15.9 Å². The van der Waals surface area contributed by atoms with Crippen molar-refractivity contribution in [2.75, 3.05) is 38.0 Å². The second-order valence-corrected chi connectivity index (χ2v) is 10.4. The van der Waals surface area contributed by atoms with Crippen LogP contribution in [0.1, 0.15) is 37.3 Å². The molecule has 2 aromatic rings. The van der Waals surface area contributed by atoms with E-state index < -0.39 is 10.0 Å². The lowest BCUT2D eigenvalue weighted by atomic mass is 9.99. The number of carbonyl (C=O) groups excluding carboxylic acids is 1. The fourth-order valence-corrected chi connectivity index (χ4v) is 5.20. The number of nitrogens with one attached hydrogen (secondary N) is 1. The van der Waals surface area contributed by atoms with E-state index in [-0.39, 0.29) is 12.5 Å².